The first-order chi connectivity index (χ1) is 26.5. The van der Waals surface area contributed by atoms with E-state index >= 15 is 0 Å². The molecule has 4 heterocycles. The third-order valence-electron chi connectivity index (χ3n) is 10.1. The van der Waals surface area contributed by atoms with E-state index in [1.165, 1.54) is 24.3 Å². The summed E-state index contributed by atoms with van der Waals surface area (Å²) in [6.45, 7) is 6.29. The zero-order valence-corrected chi connectivity index (χ0v) is 31.6. The largest absolute Gasteiger partial charge is 0.490 e. The number of nitrogens with one attached hydrogen (secondary N) is 3. The van der Waals surface area contributed by atoms with Crippen LogP contribution in [0.5, 0.6) is 5.75 Å². The van der Waals surface area contributed by atoms with Crippen molar-refractivity contribution in [1.29, 1.82) is 5.26 Å². The Kier molecular flexibility index (Phi) is 11.5. The summed E-state index contributed by atoms with van der Waals surface area (Å²) in [6, 6.07) is 11.2. The van der Waals surface area contributed by atoms with Gasteiger partial charge in [0.25, 0.3) is 5.91 Å². The summed E-state index contributed by atoms with van der Waals surface area (Å²) >= 11 is 5.67. The Bertz CT molecular complexity index is 2090. The van der Waals surface area contributed by atoms with Gasteiger partial charge in [-0.25, -0.2) is 9.37 Å². The highest BCUT2D eigenvalue weighted by Gasteiger charge is 2.51. The molecular formula is C38H40F4N8O5S. The molecule has 13 nitrogen and oxygen atoms in total. The molecule has 2 aromatic carbocycles. The van der Waals surface area contributed by atoms with Crippen molar-refractivity contribution in [1.82, 2.24) is 15.2 Å². The fraction of sp³-hybridized carbons (Fsp3) is 0.421. The Hall–Kier alpha value is -5.38. The van der Waals surface area contributed by atoms with Gasteiger partial charge in [0.2, 0.25) is 11.8 Å². The second-order valence-corrected chi connectivity index (χ2v) is 14.7. The van der Waals surface area contributed by atoms with Crippen molar-refractivity contribution in [2.24, 2.45) is 0 Å². The number of carbonyl (C=O) groups excluding carboxylic acids is 3. The van der Waals surface area contributed by atoms with E-state index < -0.39 is 52.9 Å². The van der Waals surface area contributed by atoms with Gasteiger partial charge in [-0.3, -0.25) is 24.2 Å². The van der Waals surface area contributed by atoms with Crippen LogP contribution in [0.4, 0.5) is 40.3 Å². The van der Waals surface area contributed by atoms with Gasteiger partial charge in [-0.15, -0.1) is 0 Å². The first-order valence-corrected chi connectivity index (χ1v) is 18.4. The molecule has 0 bridgehead atoms. The van der Waals surface area contributed by atoms with E-state index in [1.807, 2.05) is 17.9 Å². The van der Waals surface area contributed by atoms with Gasteiger partial charge < -0.3 is 30.7 Å². The summed E-state index contributed by atoms with van der Waals surface area (Å²) in [6.07, 6.45) is -2.70. The van der Waals surface area contributed by atoms with Gasteiger partial charge in [0.05, 0.1) is 35.7 Å². The average molecular weight is 797 g/mol. The Morgan fingerprint density at radius 1 is 1.12 bits per heavy atom. The zero-order chi connectivity index (χ0) is 40.5. The lowest BCUT2D eigenvalue weighted by molar-refractivity contribution is -0.138. The number of pyridine rings is 1. The lowest BCUT2D eigenvalue weighted by Gasteiger charge is -2.33. The summed E-state index contributed by atoms with van der Waals surface area (Å²) in [7, 11) is 0. The Labute approximate surface area is 325 Å². The highest BCUT2D eigenvalue weighted by atomic mass is 32.1. The van der Waals surface area contributed by atoms with Gasteiger partial charge in [0, 0.05) is 30.9 Å². The van der Waals surface area contributed by atoms with Crippen molar-refractivity contribution in [3.63, 3.8) is 0 Å². The fourth-order valence-corrected chi connectivity index (χ4v) is 7.57. The number of aromatic nitrogens is 1. The molecule has 296 valence electrons. The average Bonchev–Trinajstić information content (AvgIpc) is 3.33. The maximum Gasteiger partial charge on any atom is 0.419 e. The van der Waals surface area contributed by atoms with Gasteiger partial charge in [-0.1, -0.05) is 6.92 Å². The molecule has 3 aliphatic rings. The van der Waals surface area contributed by atoms with Crippen molar-refractivity contribution in [3.8, 4) is 11.8 Å². The van der Waals surface area contributed by atoms with Crippen LogP contribution in [0.3, 0.4) is 0 Å². The molecule has 2 unspecified atom stereocenters. The van der Waals surface area contributed by atoms with Crippen molar-refractivity contribution < 1.29 is 41.8 Å². The van der Waals surface area contributed by atoms with E-state index in [0.29, 0.717) is 62.0 Å². The second kappa shape index (κ2) is 16.0. The third-order valence-corrected chi connectivity index (χ3v) is 10.4. The number of thiocarbonyl (C=S) groups is 1. The highest BCUT2D eigenvalue weighted by molar-refractivity contribution is 7.81. The molecule has 0 saturated carbocycles. The molecule has 3 aromatic rings. The first-order valence-electron chi connectivity index (χ1n) is 18.0. The second-order valence-electron chi connectivity index (χ2n) is 14.3. The van der Waals surface area contributed by atoms with E-state index in [4.69, 9.17) is 22.2 Å². The normalized spacial score (nSPS) is 20.4. The molecule has 3 fully saturated rings. The molecule has 6 rings (SSSR count). The minimum atomic E-state index is -4.87. The maximum absolute atomic E-state index is 14.6. The Morgan fingerprint density at radius 3 is 2.52 bits per heavy atom. The van der Waals surface area contributed by atoms with Crippen LogP contribution in [0.1, 0.15) is 63.3 Å². The number of hydrogen-bond donors (Lipinski definition) is 4. The van der Waals surface area contributed by atoms with Gasteiger partial charge in [0.15, 0.2) is 10.8 Å². The lowest BCUT2D eigenvalue weighted by atomic mass is 10.0. The van der Waals surface area contributed by atoms with E-state index in [-0.39, 0.29) is 41.5 Å². The number of anilines is 4. The standard InChI is InChI=1S/C38H40F4N8O5S/c1-4-21-15-23(50-36(56)49(35(54)37(50,2)3)24-17-26(38(40,41)42)30(18-43)44-19-24)6-9-31(21)55-25-11-13-48(14-12-25)20-33(52)46-29-16-22(5-7-27(29)39)45-28-8-10-32(51)47-34(28)53/h5-7,9,15-17,19,25,28,34,45,53H,4,8,10-14,20H2,1-3H3,(H,46,52)(H,47,51). The van der Waals surface area contributed by atoms with Gasteiger partial charge in [0.1, 0.15) is 35.5 Å². The molecule has 3 aliphatic heterocycles. The molecule has 3 amide bonds. The van der Waals surface area contributed by atoms with Crippen LogP contribution in [0.25, 0.3) is 0 Å². The molecule has 18 heteroatoms. The number of rotatable bonds is 10. The van der Waals surface area contributed by atoms with Crippen molar-refractivity contribution in [2.75, 3.05) is 40.1 Å². The van der Waals surface area contributed by atoms with Crippen LogP contribution >= 0.6 is 12.2 Å². The van der Waals surface area contributed by atoms with Crippen LogP contribution in [-0.2, 0) is 27.0 Å². The number of nitriles is 1. The van der Waals surface area contributed by atoms with E-state index in [1.54, 1.807) is 30.9 Å². The summed E-state index contributed by atoms with van der Waals surface area (Å²) in [5.41, 5.74) is -1.74. The minimum absolute atomic E-state index is 0.0138. The van der Waals surface area contributed by atoms with Crippen LogP contribution in [-0.4, -0.2) is 81.4 Å². The molecule has 0 spiro atoms. The summed E-state index contributed by atoms with van der Waals surface area (Å²) < 4.78 is 62.2. The minimum Gasteiger partial charge on any atom is -0.490 e. The Balaban J connectivity index is 1.06. The van der Waals surface area contributed by atoms with E-state index in [0.717, 1.165) is 16.7 Å². The first kappa shape index (κ1) is 40.3. The highest BCUT2D eigenvalue weighted by Crippen LogP contribution is 2.40. The maximum atomic E-state index is 14.6. The van der Waals surface area contributed by atoms with Crippen LogP contribution < -0.4 is 30.5 Å². The number of aryl methyl sites for hydroxylation is 1. The third kappa shape index (κ3) is 8.39. The predicted octanol–water partition coefficient (Wildman–Crippen LogP) is 5.08. The number of aliphatic hydroxyl groups is 1. The molecular weight excluding hydrogens is 757 g/mol. The molecule has 0 radical (unpaired) electrons. The van der Waals surface area contributed by atoms with Crippen LogP contribution in [0.2, 0.25) is 0 Å². The molecule has 0 aliphatic carbocycles. The van der Waals surface area contributed by atoms with Gasteiger partial charge in [-0.2, -0.15) is 18.4 Å². The summed E-state index contributed by atoms with van der Waals surface area (Å²) in [5.74, 6) is -1.21. The zero-order valence-electron chi connectivity index (χ0n) is 30.7. The van der Waals surface area contributed by atoms with Crippen molar-refractivity contribution in [3.05, 3.63) is 71.3 Å². The number of nitrogens with zero attached hydrogens (tertiary/aromatic N) is 5. The molecule has 2 atom stereocenters. The number of ether oxygens (including phenoxy) is 1. The number of halogens is 4. The van der Waals surface area contributed by atoms with Gasteiger partial charge in [-0.05, 0) is 99.8 Å². The number of amides is 3. The summed E-state index contributed by atoms with van der Waals surface area (Å²) in [4.78, 5) is 46.3. The van der Waals surface area contributed by atoms with Crippen LogP contribution in [0.15, 0.2) is 48.7 Å². The SMILES string of the molecule is CCc1cc(N2C(=S)N(c3cnc(C#N)c(C(F)(F)F)c3)C(=O)C2(C)C)ccc1OC1CCN(CC(=O)Nc2cc(NC3CCC(=O)NC3O)ccc2F)CC1. The monoisotopic (exact) mass is 796 g/mol. The smallest absolute Gasteiger partial charge is 0.419 e. The number of carbonyl (C=O) groups is 3. The Morgan fingerprint density at radius 2 is 1.86 bits per heavy atom. The molecule has 4 N–H and O–H groups in total. The van der Waals surface area contributed by atoms with E-state index in [2.05, 4.69) is 20.9 Å². The number of hydrogen-bond acceptors (Lipinski definition) is 10. The van der Waals surface area contributed by atoms with Gasteiger partial charge >= 0.3 is 6.18 Å². The summed E-state index contributed by atoms with van der Waals surface area (Å²) in [5, 5.41) is 27.4. The number of benzene rings is 2. The number of alkyl halides is 3. The number of likely N-dealkylation sites (tertiary alicyclic amines) is 1. The fourth-order valence-electron chi connectivity index (χ4n) is 7.05. The molecule has 56 heavy (non-hydrogen) atoms. The number of aliphatic hydroxyl groups excluding tert-OH is 1. The lowest BCUT2D eigenvalue weighted by Crippen LogP contribution is -2.51. The number of piperidine rings is 2. The van der Waals surface area contributed by atoms with Crippen molar-refractivity contribution >= 4 is 57.8 Å². The quantitative estimate of drug-likeness (QED) is 0.160. The molecule has 3 saturated heterocycles. The van der Waals surface area contributed by atoms with Crippen molar-refractivity contribution in [2.45, 2.75) is 83.0 Å². The molecule has 1 aromatic heterocycles. The van der Waals surface area contributed by atoms with Crippen LogP contribution in [0, 0.1) is 17.1 Å². The topological polar surface area (TPSA) is 163 Å². The predicted molar refractivity (Wildman–Crippen MR) is 202 cm³/mol. The van der Waals surface area contributed by atoms with E-state index in [9.17, 15) is 37.1 Å².